The lowest BCUT2D eigenvalue weighted by atomic mass is 9.95. The molecule has 2 aliphatic heterocycles. The molecule has 2 aromatic carbocycles. The van der Waals surface area contributed by atoms with Crippen molar-refractivity contribution in [3.05, 3.63) is 83.2 Å². The van der Waals surface area contributed by atoms with E-state index in [1.165, 1.54) is 49.5 Å². The predicted molar refractivity (Wildman–Crippen MR) is 127 cm³/mol. The Labute approximate surface area is 208 Å². The molecule has 1 unspecified atom stereocenters. The van der Waals surface area contributed by atoms with Crippen molar-refractivity contribution in [1.82, 2.24) is 14.5 Å². The minimum atomic E-state index is -10.1. The van der Waals surface area contributed by atoms with E-state index < -0.39 is 39.0 Å². The molecular weight excluding hydrogens is 522 g/mol. The molecule has 1 fully saturated rings. The van der Waals surface area contributed by atoms with Gasteiger partial charge in [-0.2, -0.15) is 0 Å². The van der Waals surface area contributed by atoms with Crippen molar-refractivity contribution in [2.24, 2.45) is 5.16 Å². The number of oxime groups is 1. The number of aryl methyl sites for hydroxylation is 1. The van der Waals surface area contributed by atoms with E-state index in [1.54, 1.807) is 4.90 Å². The first-order valence-corrected chi connectivity index (χ1v) is 13.2. The first kappa shape index (κ1) is 25.2. The number of hydrogen-bond acceptors (Lipinski definition) is 5. The predicted octanol–water partition coefficient (Wildman–Crippen LogP) is 6.65. The highest BCUT2D eigenvalue weighted by Gasteiger charge is 2.67. The monoisotopic (exact) mass is 544 g/mol. The van der Waals surface area contributed by atoms with Gasteiger partial charge >= 0.3 is 10.2 Å². The number of fused-ring (bicyclic) bond motifs is 1. The number of nitrogens with zero attached hydrogens (tertiary/aromatic N) is 4. The topological polar surface area (TPSA) is 62.9 Å². The number of rotatable bonds is 5. The number of imidazole rings is 1. The third-order valence-electron chi connectivity index (χ3n) is 6.33. The zero-order valence-corrected chi connectivity index (χ0v) is 20.2. The van der Waals surface area contributed by atoms with Crippen LogP contribution in [-0.4, -0.2) is 38.5 Å². The summed E-state index contributed by atoms with van der Waals surface area (Å²) < 4.78 is 84.8. The Kier molecular flexibility index (Phi) is 5.30. The van der Waals surface area contributed by atoms with Gasteiger partial charge in [0.05, 0.1) is 17.7 Å². The Bertz CT molecular complexity index is 1440. The van der Waals surface area contributed by atoms with Gasteiger partial charge in [-0.1, -0.05) is 30.7 Å². The van der Waals surface area contributed by atoms with Gasteiger partial charge in [0.15, 0.2) is 5.84 Å². The standard InChI is InChI=1S/C24H22F6N4O2S/c1-16-13-33(15-31-16)21-9-4-17(12-22(21)37(26,27,28,29)30)11-18-3-2-10-34-23(18)32-36-24(34,14-35)19-5-7-20(25)8-6-19/h4-9,11-13,15,35H,2-3,10,14H2,1H3/b18-11+. The molecule has 0 bridgehead atoms. The lowest BCUT2D eigenvalue weighted by Gasteiger charge is -2.41. The van der Waals surface area contributed by atoms with E-state index in [0.717, 1.165) is 17.0 Å². The second-order valence-electron chi connectivity index (χ2n) is 9.00. The number of aliphatic hydroxyl groups excluding tert-OH is 1. The van der Waals surface area contributed by atoms with Crippen LogP contribution in [0.25, 0.3) is 11.8 Å². The number of halogens is 6. The smallest absolute Gasteiger partial charge is 0.312 e. The van der Waals surface area contributed by atoms with E-state index in [9.17, 15) is 28.9 Å². The molecule has 0 aliphatic carbocycles. The van der Waals surface area contributed by atoms with E-state index in [1.807, 2.05) is 0 Å². The van der Waals surface area contributed by atoms with E-state index in [4.69, 9.17) is 4.84 Å². The maximum atomic E-state index is 14.1. The minimum absolute atomic E-state index is 0.105. The number of benzene rings is 2. The SMILES string of the molecule is Cc1cn(-c2ccc(/C=C3\CCCN4C3=NOC4(CO)c3ccc(F)cc3)cc2S(F)(F)(F)(F)F)cn1. The molecule has 5 rings (SSSR count). The number of piperidine rings is 1. The number of hydrogen-bond donors (Lipinski definition) is 1. The van der Waals surface area contributed by atoms with Crippen molar-refractivity contribution in [2.75, 3.05) is 13.2 Å². The van der Waals surface area contributed by atoms with Crippen molar-refractivity contribution in [3.63, 3.8) is 0 Å². The molecule has 198 valence electrons. The molecule has 6 nitrogen and oxygen atoms in total. The van der Waals surface area contributed by atoms with Gasteiger partial charge in [0.1, 0.15) is 17.3 Å². The Morgan fingerprint density at radius 3 is 2.46 bits per heavy atom. The van der Waals surface area contributed by atoms with Gasteiger partial charge in [-0.05, 0) is 73.4 Å². The highest BCUT2D eigenvalue weighted by atomic mass is 32.5. The molecule has 13 heteroatoms. The second kappa shape index (κ2) is 7.78. The number of aromatic nitrogens is 2. The Morgan fingerprint density at radius 1 is 1.11 bits per heavy atom. The molecule has 0 radical (unpaired) electrons. The molecule has 1 atom stereocenters. The Balaban J connectivity index is 1.56. The lowest BCUT2D eigenvalue weighted by molar-refractivity contribution is -0.137. The van der Waals surface area contributed by atoms with Crippen LogP contribution in [0.1, 0.15) is 29.7 Å². The summed E-state index contributed by atoms with van der Waals surface area (Å²) in [4.78, 5) is 9.07. The summed E-state index contributed by atoms with van der Waals surface area (Å²) in [7, 11) is -10.1. The highest BCUT2D eigenvalue weighted by Crippen LogP contribution is 3.02. The van der Waals surface area contributed by atoms with Gasteiger partial charge in [-0.25, -0.2) is 9.37 Å². The van der Waals surface area contributed by atoms with Gasteiger partial charge < -0.3 is 19.4 Å². The van der Waals surface area contributed by atoms with Gasteiger partial charge in [-0.15, -0.1) is 0 Å². The van der Waals surface area contributed by atoms with Crippen LogP contribution in [0.15, 0.2) is 70.6 Å². The van der Waals surface area contributed by atoms with Crippen LogP contribution >= 0.6 is 10.2 Å². The number of aliphatic hydroxyl groups is 1. The first-order valence-electron chi connectivity index (χ1n) is 11.2. The molecule has 37 heavy (non-hydrogen) atoms. The second-order valence-corrected chi connectivity index (χ2v) is 11.4. The van der Waals surface area contributed by atoms with E-state index >= 15 is 0 Å². The van der Waals surface area contributed by atoms with Crippen molar-refractivity contribution in [3.8, 4) is 5.69 Å². The van der Waals surface area contributed by atoms with Crippen LogP contribution in [0, 0.1) is 12.7 Å². The normalized spacial score (nSPS) is 22.8. The van der Waals surface area contributed by atoms with E-state index in [0.29, 0.717) is 42.3 Å². The van der Waals surface area contributed by atoms with Gasteiger partial charge in [0, 0.05) is 18.3 Å². The van der Waals surface area contributed by atoms with Crippen molar-refractivity contribution < 1.29 is 33.8 Å². The molecule has 1 aromatic heterocycles. The van der Waals surface area contributed by atoms with Gasteiger partial charge in [0.25, 0.3) is 5.72 Å². The van der Waals surface area contributed by atoms with Crippen molar-refractivity contribution in [2.45, 2.75) is 30.4 Å². The third kappa shape index (κ3) is 4.57. The van der Waals surface area contributed by atoms with Gasteiger partial charge in [0.2, 0.25) is 0 Å². The van der Waals surface area contributed by atoms with Crippen LogP contribution < -0.4 is 0 Å². The molecule has 0 spiro atoms. The molecule has 0 saturated carbocycles. The Morgan fingerprint density at radius 2 is 1.84 bits per heavy atom. The lowest BCUT2D eigenvalue weighted by Crippen LogP contribution is -2.51. The van der Waals surface area contributed by atoms with Crippen LogP contribution in [0.4, 0.5) is 23.8 Å². The molecule has 2 aliphatic rings. The molecule has 3 heterocycles. The van der Waals surface area contributed by atoms with Crippen molar-refractivity contribution >= 4 is 22.1 Å². The maximum Gasteiger partial charge on any atom is 0.312 e. The van der Waals surface area contributed by atoms with E-state index in [2.05, 4.69) is 10.1 Å². The van der Waals surface area contributed by atoms with E-state index in [-0.39, 0.29) is 11.4 Å². The van der Waals surface area contributed by atoms with Crippen LogP contribution in [0.5, 0.6) is 0 Å². The summed E-state index contributed by atoms with van der Waals surface area (Å²) in [6.07, 6.45) is 4.54. The largest absolute Gasteiger partial charge is 0.390 e. The summed E-state index contributed by atoms with van der Waals surface area (Å²) in [5.74, 6) is -0.225. The molecule has 3 aromatic rings. The summed E-state index contributed by atoms with van der Waals surface area (Å²) in [5, 5.41) is 14.3. The summed E-state index contributed by atoms with van der Waals surface area (Å²) in [6, 6.07) is 8.01. The summed E-state index contributed by atoms with van der Waals surface area (Å²) in [5.41, 5.74) is -1.03. The summed E-state index contributed by atoms with van der Waals surface area (Å²) in [6.45, 7) is 1.39. The maximum absolute atomic E-state index is 14.1. The van der Waals surface area contributed by atoms with Crippen LogP contribution in [0.2, 0.25) is 0 Å². The zero-order valence-electron chi connectivity index (χ0n) is 19.4. The minimum Gasteiger partial charge on any atom is -0.390 e. The average Bonchev–Trinajstić information content (AvgIpc) is 3.43. The molecule has 0 amide bonds. The van der Waals surface area contributed by atoms with Crippen LogP contribution in [0.3, 0.4) is 0 Å². The highest BCUT2D eigenvalue weighted by molar-refractivity contribution is 8.45. The fraction of sp³-hybridized carbons (Fsp3) is 0.250. The fourth-order valence-corrected chi connectivity index (χ4v) is 5.53. The quantitative estimate of drug-likeness (QED) is 0.366. The zero-order chi connectivity index (χ0) is 26.7. The molecular formula is C24H22F6N4O2S. The van der Waals surface area contributed by atoms with Crippen molar-refractivity contribution in [1.29, 1.82) is 0 Å². The van der Waals surface area contributed by atoms with Crippen LogP contribution in [-0.2, 0) is 10.6 Å². The first-order chi connectivity index (χ1) is 17.2. The fourth-order valence-electron chi connectivity index (χ4n) is 4.60. The molecule has 1 N–H and O–H groups in total. The Hall–Kier alpha value is -3.45. The van der Waals surface area contributed by atoms with Gasteiger partial charge in [-0.3, -0.25) is 0 Å². The number of amidine groups is 1. The average molecular weight is 545 g/mol. The summed E-state index contributed by atoms with van der Waals surface area (Å²) >= 11 is 0. The molecule has 1 saturated heterocycles. The third-order valence-corrected chi connectivity index (χ3v) is 7.49.